The number of hydrogen-bond acceptors (Lipinski definition) is 4. The minimum atomic E-state index is 1.14. The van der Waals surface area contributed by atoms with Gasteiger partial charge in [-0.15, -0.1) is 0 Å². The molecule has 16 heavy (non-hydrogen) atoms. The van der Waals surface area contributed by atoms with E-state index in [0.29, 0.717) is 0 Å². The molecule has 3 aromatic rings. The summed E-state index contributed by atoms with van der Waals surface area (Å²) in [5.41, 5.74) is 0. The second kappa shape index (κ2) is 5.50. The van der Waals surface area contributed by atoms with E-state index >= 15 is 0 Å². The Balaban J connectivity index is 0.000000138. The van der Waals surface area contributed by atoms with Gasteiger partial charge < -0.3 is 0 Å². The molecule has 0 amide bonds. The first kappa shape index (κ1) is 10.2. The van der Waals surface area contributed by atoms with Crippen molar-refractivity contribution in [2.75, 3.05) is 0 Å². The predicted octanol–water partition coefficient (Wildman–Crippen LogP) is 2.11. The zero-order valence-corrected chi connectivity index (χ0v) is 8.56. The van der Waals surface area contributed by atoms with Gasteiger partial charge in [-0.1, -0.05) is 24.3 Å². The largest absolute Gasteiger partial charge is 0.159 e. The molecule has 4 nitrogen and oxygen atoms in total. The molecule has 2 aromatic heterocycles. The lowest BCUT2D eigenvalue weighted by atomic mass is 10.2. The van der Waals surface area contributed by atoms with Crippen LogP contribution in [0.5, 0.6) is 0 Å². The SMILES string of the molecule is c1ccc2cnncc2c1.c1ccnnc1. The Morgan fingerprint density at radius 2 is 1.06 bits per heavy atom. The fraction of sp³-hybridized carbons (Fsp3) is 0. The van der Waals surface area contributed by atoms with Crippen molar-refractivity contribution in [2.45, 2.75) is 0 Å². The van der Waals surface area contributed by atoms with E-state index in [2.05, 4.69) is 20.4 Å². The van der Waals surface area contributed by atoms with Crippen LogP contribution in [0.15, 0.2) is 61.2 Å². The summed E-state index contributed by atoms with van der Waals surface area (Å²) in [7, 11) is 0. The topological polar surface area (TPSA) is 51.6 Å². The number of nitrogens with zero attached hydrogens (tertiary/aromatic N) is 4. The van der Waals surface area contributed by atoms with Crippen LogP contribution in [-0.2, 0) is 0 Å². The van der Waals surface area contributed by atoms with E-state index in [1.807, 2.05) is 36.4 Å². The molecular formula is C12H10N4. The highest BCUT2D eigenvalue weighted by Gasteiger charge is 1.87. The van der Waals surface area contributed by atoms with Crippen LogP contribution in [0.4, 0.5) is 0 Å². The molecule has 0 spiro atoms. The Morgan fingerprint density at radius 1 is 0.562 bits per heavy atom. The zero-order chi connectivity index (χ0) is 11.1. The fourth-order valence-corrected chi connectivity index (χ4v) is 1.19. The van der Waals surface area contributed by atoms with Gasteiger partial charge in [0.2, 0.25) is 0 Å². The van der Waals surface area contributed by atoms with Gasteiger partial charge in [-0.05, 0) is 12.1 Å². The van der Waals surface area contributed by atoms with E-state index in [9.17, 15) is 0 Å². The number of hydrogen-bond donors (Lipinski definition) is 0. The van der Waals surface area contributed by atoms with E-state index in [1.54, 1.807) is 24.8 Å². The normalized spacial score (nSPS) is 9.25. The lowest BCUT2D eigenvalue weighted by Gasteiger charge is -1.90. The maximum atomic E-state index is 3.76. The number of fused-ring (bicyclic) bond motifs is 1. The van der Waals surface area contributed by atoms with E-state index in [1.165, 1.54) is 0 Å². The van der Waals surface area contributed by atoms with Crippen LogP contribution in [-0.4, -0.2) is 20.4 Å². The van der Waals surface area contributed by atoms with Gasteiger partial charge in [0.25, 0.3) is 0 Å². The van der Waals surface area contributed by atoms with Crippen LogP contribution >= 0.6 is 0 Å². The molecule has 0 radical (unpaired) electrons. The predicted molar refractivity (Wildman–Crippen MR) is 61.6 cm³/mol. The molecule has 0 fully saturated rings. The van der Waals surface area contributed by atoms with E-state index in [4.69, 9.17) is 0 Å². The van der Waals surface area contributed by atoms with Crippen LogP contribution in [0, 0.1) is 0 Å². The Morgan fingerprint density at radius 3 is 1.44 bits per heavy atom. The highest BCUT2D eigenvalue weighted by molar-refractivity contribution is 5.80. The molecule has 1 aromatic carbocycles. The standard InChI is InChI=1S/C8H6N2.C4H4N2/c1-2-4-8-6-10-9-5-7(8)3-1;1-2-4-6-5-3-1/h1-6H;1-4H. The van der Waals surface area contributed by atoms with Crippen LogP contribution in [0.25, 0.3) is 10.8 Å². The molecule has 0 N–H and O–H groups in total. The first-order chi connectivity index (χ1) is 7.97. The van der Waals surface area contributed by atoms with Crippen molar-refractivity contribution in [2.24, 2.45) is 0 Å². The summed E-state index contributed by atoms with van der Waals surface area (Å²) in [6.45, 7) is 0. The third-order valence-corrected chi connectivity index (χ3v) is 1.94. The van der Waals surface area contributed by atoms with Crippen LogP contribution < -0.4 is 0 Å². The molecule has 0 unspecified atom stereocenters. The van der Waals surface area contributed by atoms with Crippen molar-refractivity contribution < 1.29 is 0 Å². The summed E-state index contributed by atoms with van der Waals surface area (Å²) in [6.07, 6.45) is 6.80. The summed E-state index contributed by atoms with van der Waals surface area (Å²) < 4.78 is 0. The van der Waals surface area contributed by atoms with Gasteiger partial charge in [-0.2, -0.15) is 20.4 Å². The monoisotopic (exact) mass is 210 g/mol. The van der Waals surface area contributed by atoms with Gasteiger partial charge in [0.05, 0.1) is 12.4 Å². The van der Waals surface area contributed by atoms with E-state index in [-0.39, 0.29) is 0 Å². The Bertz CT molecular complexity index is 447. The molecule has 78 valence electrons. The van der Waals surface area contributed by atoms with Gasteiger partial charge in [0.15, 0.2) is 0 Å². The highest BCUT2D eigenvalue weighted by Crippen LogP contribution is 2.08. The Labute approximate surface area is 93.0 Å². The quantitative estimate of drug-likeness (QED) is 0.570. The summed E-state index contributed by atoms with van der Waals surface area (Å²) in [6, 6.07) is 11.7. The van der Waals surface area contributed by atoms with Crippen molar-refractivity contribution in [3.63, 3.8) is 0 Å². The number of benzene rings is 1. The average molecular weight is 210 g/mol. The molecule has 0 saturated carbocycles. The highest BCUT2D eigenvalue weighted by atomic mass is 15.1. The third-order valence-electron chi connectivity index (χ3n) is 1.94. The molecule has 3 rings (SSSR count). The lowest BCUT2D eigenvalue weighted by molar-refractivity contribution is 1.03. The molecule has 0 aliphatic carbocycles. The van der Waals surface area contributed by atoms with E-state index < -0.39 is 0 Å². The molecular weight excluding hydrogens is 200 g/mol. The van der Waals surface area contributed by atoms with Gasteiger partial charge in [0.1, 0.15) is 0 Å². The minimum absolute atomic E-state index is 1.14. The van der Waals surface area contributed by atoms with Crippen molar-refractivity contribution in [1.82, 2.24) is 20.4 Å². The molecule has 2 heterocycles. The maximum Gasteiger partial charge on any atom is 0.0574 e. The van der Waals surface area contributed by atoms with Crippen LogP contribution in [0.3, 0.4) is 0 Å². The summed E-state index contributed by atoms with van der Waals surface area (Å²) >= 11 is 0. The molecule has 4 heteroatoms. The Hall–Kier alpha value is -2.36. The van der Waals surface area contributed by atoms with Crippen molar-refractivity contribution in [1.29, 1.82) is 0 Å². The first-order valence-corrected chi connectivity index (χ1v) is 4.84. The average Bonchev–Trinajstić information content (AvgIpc) is 2.42. The van der Waals surface area contributed by atoms with Gasteiger partial charge in [0, 0.05) is 23.2 Å². The van der Waals surface area contributed by atoms with Crippen molar-refractivity contribution >= 4 is 10.8 Å². The minimum Gasteiger partial charge on any atom is -0.159 e. The fourth-order valence-electron chi connectivity index (χ4n) is 1.19. The second-order valence-corrected chi connectivity index (χ2v) is 3.03. The number of rotatable bonds is 0. The first-order valence-electron chi connectivity index (χ1n) is 4.84. The van der Waals surface area contributed by atoms with Gasteiger partial charge in [-0.25, -0.2) is 0 Å². The van der Waals surface area contributed by atoms with Gasteiger partial charge in [-0.3, -0.25) is 0 Å². The number of aromatic nitrogens is 4. The summed E-state index contributed by atoms with van der Waals surface area (Å²) in [4.78, 5) is 0. The lowest BCUT2D eigenvalue weighted by Crippen LogP contribution is -1.77. The van der Waals surface area contributed by atoms with Crippen molar-refractivity contribution in [3.05, 3.63) is 61.2 Å². The Kier molecular flexibility index (Phi) is 3.50. The van der Waals surface area contributed by atoms with Crippen molar-refractivity contribution in [3.8, 4) is 0 Å². The van der Waals surface area contributed by atoms with Crippen LogP contribution in [0.1, 0.15) is 0 Å². The molecule has 0 saturated heterocycles. The van der Waals surface area contributed by atoms with Crippen LogP contribution in [0.2, 0.25) is 0 Å². The summed E-state index contributed by atoms with van der Waals surface area (Å²) in [5, 5.41) is 16.9. The zero-order valence-electron chi connectivity index (χ0n) is 8.56. The third kappa shape index (κ3) is 2.81. The molecule has 0 aliphatic rings. The maximum absolute atomic E-state index is 3.76. The smallest absolute Gasteiger partial charge is 0.0574 e. The van der Waals surface area contributed by atoms with Gasteiger partial charge >= 0.3 is 0 Å². The summed E-state index contributed by atoms with van der Waals surface area (Å²) in [5.74, 6) is 0. The van der Waals surface area contributed by atoms with E-state index in [0.717, 1.165) is 10.8 Å². The molecule has 0 aliphatic heterocycles. The molecule has 0 atom stereocenters. The molecule has 0 bridgehead atoms. The second-order valence-electron chi connectivity index (χ2n) is 3.03.